The average Bonchev–Trinajstić information content (AvgIpc) is 3.48. The minimum Gasteiger partial charge on any atom is -0.303 e. The van der Waals surface area contributed by atoms with E-state index in [0.717, 1.165) is 34.2 Å². The molecule has 0 atom stereocenters. The van der Waals surface area contributed by atoms with Crippen molar-refractivity contribution in [2.45, 2.75) is 19.3 Å². The van der Waals surface area contributed by atoms with Gasteiger partial charge in [0.25, 0.3) is 5.91 Å². The second-order valence-corrected chi connectivity index (χ2v) is 8.50. The van der Waals surface area contributed by atoms with E-state index in [4.69, 9.17) is 4.98 Å². The van der Waals surface area contributed by atoms with Crippen LogP contribution in [0.25, 0.3) is 11.3 Å². The van der Waals surface area contributed by atoms with Crippen molar-refractivity contribution in [1.82, 2.24) is 9.88 Å². The SMILES string of the molecule is O=C(c1cccs1)N(CCCN1CCCC1)c1nc(-c2ccccc2)cs1. The van der Waals surface area contributed by atoms with Gasteiger partial charge >= 0.3 is 0 Å². The van der Waals surface area contributed by atoms with Crippen LogP contribution < -0.4 is 4.90 Å². The minimum absolute atomic E-state index is 0.0559. The Balaban J connectivity index is 1.52. The lowest BCUT2D eigenvalue weighted by Gasteiger charge is -2.21. The number of rotatable bonds is 7. The molecule has 1 aromatic carbocycles. The number of nitrogens with zero attached hydrogens (tertiary/aromatic N) is 3. The molecule has 3 heterocycles. The summed E-state index contributed by atoms with van der Waals surface area (Å²) in [7, 11) is 0. The molecule has 1 amide bonds. The molecule has 6 heteroatoms. The van der Waals surface area contributed by atoms with Gasteiger partial charge in [0, 0.05) is 17.5 Å². The van der Waals surface area contributed by atoms with E-state index in [9.17, 15) is 4.79 Å². The molecule has 4 nitrogen and oxygen atoms in total. The summed E-state index contributed by atoms with van der Waals surface area (Å²) >= 11 is 3.04. The summed E-state index contributed by atoms with van der Waals surface area (Å²) < 4.78 is 0. The number of amides is 1. The fourth-order valence-corrected chi connectivity index (χ4v) is 4.94. The van der Waals surface area contributed by atoms with Gasteiger partial charge < -0.3 is 4.90 Å². The van der Waals surface area contributed by atoms with E-state index in [1.165, 1.54) is 37.3 Å². The van der Waals surface area contributed by atoms with Gasteiger partial charge in [0.15, 0.2) is 5.13 Å². The lowest BCUT2D eigenvalue weighted by molar-refractivity contribution is 0.0989. The van der Waals surface area contributed by atoms with Crippen LogP contribution in [0.3, 0.4) is 0 Å². The van der Waals surface area contributed by atoms with Crippen LogP contribution in [0.2, 0.25) is 0 Å². The molecule has 2 aromatic heterocycles. The van der Waals surface area contributed by atoms with Crippen molar-refractivity contribution >= 4 is 33.7 Å². The van der Waals surface area contributed by atoms with Crippen LogP contribution in [0.4, 0.5) is 5.13 Å². The van der Waals surface area contributed by atoms with Crippen LogP contribution in [0.1, 0.15) is 28.9 Å². The van der Waals surface area contributed by atoms with Crippen LogP contribution in [0.15, 0.2) is 53.2 Å². The third kappa shape index (κ3) is 4.46. The summed E-state index contributed by atoms with van der Waals surface area (Å²) in [6, 6.07) is 14.0. The number of carbonyl (C=O) groups excluding carboxylic acids is 1. The number of likely N-dealkylation sites (tertiary alicyclic amines) is 1. The first-order chi connectivity index (χ1) is 13.3. The maximum absolute atomic E-state index is 13.1. The van der Waals surface area contributed by atoms with Crippen molar-refractivity contribution in [3.05, 3.63) is 58.1 Å². The first-order valence-corrected chi connectivity index (χ1v) is 11.2. The smallest absolute Gasteiger partial charge is 0.270 e. The van der Waals surface area contributed by atoms with Crippen molar-refractivity contribution in [3.63, 3.8) is 0 Å². The Morgan fingerprint density at radius 3 is 2.63 bits per heavy atom. The number of hydrogen-bond donors (Lipinski definition) is 0. The molecule has 0 aliphatic carbocycles. The van der Waals surface area contributed by atoms with E-state index in [0.29, 0.717) is 6.54 Å². The van der Waals surface area contributed by atoms with Crippen LogP contribution in [0.5, 0.6) is 0 Å². The fraction of sp³-hybridized carbons (Fsp3) is 0.333. The number of thiazole rings is 1. The van der Waals surface area contributed by atoms with Crippen LogP contribution in [0, 0.1) is 0 Å². The van der Waals surface area contributed by atoms with Gasteiger partial charge in [-0.2, -0.15) is 0 Å². The van der Waals surface area contributed by atoms with Gasteiger partial charge in [-0.3, -0.25) is 9.69 Å². The van der Waals surface area contributed by atoms with Crippen LogP contribution in [-0.2, 0) is 0 Å². The molecule has 140 valence electrons. The van der Waals surface area contributed by atoms with Gasteiger partial charge in [-0.05, 0) is 50.3 Å². The van der Waals surface area contributed by atoms with Gasteiger partial charge in [-0.1, -0.05) is 36.4 Å². The first kappa shape index (κ1) is 18.3. The lowest BCUT2D eigenvalue weighted by Crippen LogP contribution is -2.33. The molecule has 0 radical (unpaired) electrons. The molecule has 1 aliphatic rings. The molecule has 0 spiro atoms. The third-order valence-electron chi connectivity index (χ3n) is 4.82. The maximum Gasteiger partial charge on any atom is 0.270 e. The monoisotopic (exact) mass is 397 g/mol. The molecular weight excluding hydrogens is 374 g/mol. The Hall–Kier alpha value is -2.02. The van der Waals surface area contributed by atoms with Crippen molar-refractivity contribution < 1.29 is 4.79 Å². The molecule has 1 saturated heterocycles. The molecule has 0 bridgehead atoms. The Labute approximate surface area is 168 Å². The Morgan fingerprint density at radius 1 is 1.07 bits per heavy atom. The summed E-state index contributed by atoms with van der Waals surface area (Å²) in [4.78, 5) is 23.0. The fourth-order valence-electron chi connectivity index (χ4n) is 3.41. The highest BCUT2D eigenvalue weighted by molar-refractivity contribution is 7.14. The quantitative estimate of drug-likeness (QED) is 0.563. The van der Waals surface area contributed by atoms with Gasteiger partial charge in [0.05, 0.1) is 10.6 Å². The summed E-state index contributed by atoms with van der Waals surface area (Å²) in [6.45, 7) is 4.13. The summed E-state index contributed by atoms with van der Waals surface area (Å²) in [5, 5.41) is 4.78. The topological polar surface area (TPSA) is 36.4 Å². The highest BCUT2D eigenvalue weighted by atomic mass is 32.1. The number of benzene rings is 1. The number of carbonyl (C=O) groups is 1. The van der Waals surface area contributed by atoms with Crippen LogP contribution >= 0.6 is 22.7 Å². The predicted octanol–water partition coefficient (Wildman–Crippen LogP) is 5.00. The molecular formula is C21H23N3OS2. The van der Waals surface area contributed by atoms with E-state index in [1.807, 2.05) is 46.0 Å². The van der Waals surface area contributed by atoms with Gasteiger partial charge in [-0.15, -0.1) is 22.7 Å². The number of hydrogen-bond acceptors (Lipinski definition) is 5. The minimum atomic E-state index is 0.0559. The molecule has 4 rings (SSSR count). The second kappa shape index (κ2) is 8.78. The third-order valence-corrected chi connectivity index (χ3v) is 6.55. The predicted molar refractivity (Wildman–Crippen MR) is 114 cm³/mol. The summed E-state index contributed by atoms with van der Waals surface area (Å²) in [5.74, 6) is 0.0559. The summed E-state index contributed by atoms with van der Waals surface area (Å²) in [5.41, 5.74) is 2.01. The van der Waals surface area contributed by atoms with E-state index >= 15 is 0 Å². The van der Waals surface area contributed by atoms with Crippen molar-refractivity contribution in [2.75, 3.05) is 31.1 Å². The molecule has 3 aromatic rings. The normalized spacial score (nSPS) is 14.5. The number of thiophene rings is 1. The second-order valence-electron chi connectivity index (χ2n) is 6.72. The number of aromatic nitrogens is 1. The zero-order chi connectivity index (χ0) is 18.5. The van der Waals surface area contributed by atoms with E-state index < -0.39 is 0 Å². The van der Waals surface area contributed by atoms with Crippen molar-refractivity contribution in [1.29, 1.82) is 0 Å². The zero-order valence-corrected chi connectivity index (χ0v) is 16.8. The van der Waals surface area contributed by atoms with Crippen molar-refractivity contribution in [3.8, 4) is 11.3 Å². The Morgan fingerprint density at radius 2 is 1.89 bits per heavy atom. The standard InChI is InChI=1S/C21H23N3OS2/c25-20(19-10-6-15-26-19)24(14-7-13-23-11-4-5-12-23)21-22-18(16-27-21)17-8-2-1-3-9-17/h1-3,6,8-10,15-16H,4-5,7,11-14H2. The van der Waals surface area contributed by atoms with Gasteiger partial charge in [-0.25, -0.2) is 4.98 Å². The van der Waals surface area contributed by atoms with Gasteiger partial charge in [0.2, 0.25) is 0 Å². The molecule has 1 aliphatic heterocycles. The van der Waals surface area contributed by atoms with Crippen LogP contribution in [-0.4, -0.2) is 42.0 Å². The molecule has 0 N–H and O–H groups in total. The first-order valence-electron chi connectivity index (χ1n) is 9.40. The zero-order valence-electron chi connectivity index (χ0n) is 15.2. The lowest BCUT2D eigenvalue weighted by atomic mass is 10.2. The molecule has 0 saturated carbocycles. The highest BCUT2D eigenvalue weighted by Crippen LogP contribution is 2.29. The molecule has 27 heavy (non-hydrogen) atoms. The number of anilines is 1. The van der Waals surface area contributed by atoms with Crippen molar-refractivity contribution in [2.24, 2.45) is 0 Å². The Kier molecular flexibility index (Phi) is 5.97. The molecule has 1 fully saturated rings. The van der Waals surface area contributed by atoms with E-state index in [2.05, 4.69) is 17.0 Å². The van der Waals surface area contributed by atoms with E-state index in [1.54, 1.807) is 11.3 Å². The average molecular weight is 398 g/mol. The maximum atomic E-state index is 13.1. The summed E-state index contributed by atoms with van der Waals surface area (Å²) in [6.07, 6.45) is 3.56. The highest BCUT2D eigenvalue weighted by Gasteiger charge is 2.22. The van der Waals surface area contributed by atoms with E-state index in [-0.39, 0.29) is 5.91 Å². The Bertz CT molecular complexity index is 855. The van der Waals surface area contributed by atoms with Gasteiger partial charge in [0.1, 0.15) is 0 Å². The molecule has 0 unspecified atom stereocenters. The largest absolute Gasteiger partial charge is 0.303 e.